The zero-order valence-corrected chi connectivity index (χ0v) is 13.4. The molecule has 1 fully saturated rings. The first-order valence-corrected chi connectivity index (χ1v) is 7.35. The van der Waals surface area contributed by atoms with Crippen molar-refractivity contribution in [2.75, 3.05) is 20.8 Å². The number of primary amides is 1. The van der Waals surface area contributed by atoms with Crippen molar-refractivity contribution in [3.63, 3.8) is 0 Å². The Labute approximate surface area is 134 Å². The van der Waals surface area contributed by atoms with Gasteiger partial charge in [-0.2, -0.15) is 0 Å². The summed E-state index contributed by atoms with van der Waals surface area (Å²) in [7, 11) is 3.00. The number of nitrogens with two attached hydrogens (primary N) is 1. The first-order valence-electron chi connectivity index (χ1n) is 6.97. The Kier molecular flexibility index (Phi) is 5.13. The zero-order chi connectivity index (χ0) is 16.3. The highest BCUT2D eigenvalue weighted by Crippen LogP contribution is 2.37. The lowest BCUT2D eigenvalue weighted by Crippen LogP contribution is -2.44. The number of nitrogens with zero attached hydrogens (tertiary/aromatic N) is 1. The van der Waals surface area contributed by atoms with Crippen LogP contribution in [-0.4, -0.2) is 43.5 Å². The van der Waals surface area contributed by atoms with Crippen LogP contribution in [0.5, 0.6) is 11.5 Å². The second-order valence-electron chi connectivity index (χ2n) is 5.10. The zero-order valence-electron chi connectivity index (χ0n) is 12.6. The number of halogens is 1. The van der Waals surface area contributed by atoms with Gasteiger partial charge < -0.3 is 20.1 Å². The number of ether oxygens (including phenoxy) is 2. The van der Waals surface area contributed by atoms with E-state index in [1.807, 2.05) is 0 Å². The molecule has 1 aliphatic rings. The van der Waals surface area contributed by atoms with Gasteiger partial charge in [-0.3, -0.25) is 9.59 Å². The Bertz CT molecular complexity index is 591. The normalized spacial score (nSPS) is 17.4. The lowest BCUT2D eigenvalue weighted by Gasteiger charge is -2.22. The van der Waals surface area contributed by atoms with E-state index < -0.39 is 11.9 Å². The molecule has 7 heteroatoms. The quantitative estimate of drug-likeness (QED) is 0.886. The Morgan fingerprint density at radius 2 is 2.09 bits per heavy atom. The second kappa shape index (κ2) is 6.87. The Morgan fingerprint density at radius 1 is 1.36 bits per heavy atom. The fourth-order valence-corrected chi connectivity index (χ4v) is 2.99. The minimum absolute atomic E-state index is 0.0863. The van der Waals surface area contributed by atoms with E-state index in [0.29, 0.717) is 35.1 Å². The van der Waals surface area contributed by atoms with Gasteiger partial charge in [-0.15, -0.1) is 0 Å². The monoisotopic (exact) mass is 326 g/mol. The Balaban J connectivity index is 2.20. The molecular formula is C15H19ClN2O4. The molecule has 1 aromatic rings. The number of hydrogen-bond donors (Lipinski definition) is 1. The van der Waals surface area contributed by atoms with Crippen LogP contribution in [0.4, 0.5) is 0 Å². The molecule has 2 amide bonds. The van der Waals surface area contributed by atoms with Crippen molar-refractivity contribution in [3.8, 4) is 11.5 Å². The molecule has 22 heavy (non-hydrogen) atoms. The second-order valence-corrected chi connectivity index (χ2v) is 5.48. The fraction of sp³-hybridized carbons (Fsp3) is 0.467. The molecule has 6 nitrogen and oxygen atoms in total. The van der Waals surface area contributed by atoms with Crippen LogP contribution in [0.25, 0.3) is 0 Å². The number of carbonyl (C=O) groups excluding carboxylic acids is 2. The van der Waals surface area contributed by atoms with Gasteiger partial charge in [-0.05, 0) is 24.5 Å². The molecule has 0 unspecified atom stereocenters. The molecule has 0 bridgehead atoms. The van der Waals surface area contributed by atoms with Gasteiger partial charge in [0.25, 0.3) is 0 Å². The van der Waals surface area contributed by atoms with Crippen LogP contribution < -0.4 is 15.2 Å². The Hall–Kier alpha value is -1.95. The third-order valence-corrected chi connectivity index (χ3v) is 4.22. The molecule has 0 spiro atoms. The van der Waals surface area contributed by atoms with Gasteiger partial charge in [-0.1, -0.05) is 17.7 Å². The minimum atomic E-state index is -0.522. The predicted molar refractivity (Wildman–Crippen MR) is 82.2 cm³/mol. The lowest BCUT2D eigenvalue weighted by atomic mass is 10.1. The van der Waals surface area contributed by atoms with Gasteiger partial charge in [0, 0.05) is 6.54 Å². The first kappa shape index (κ1) is 16.4. The molecule has 0 aliphatic carbocycles. The molecular weight excluding hydrogens is 308 g/mol. The summed E-state index contributed by atoms with van der Waals surface area (Å²) in [6.07, 6.45) is 1.47. The smallest absolute Gasteiger partial charge is 0.240 e. The predicted octanol–water partition coefficient (Wildman–Crippen LogP) is 1.38. The largest absolute Gasteiger partial charge is 0.493 e. The van der Waals surface area contributed by atoms with E-state index in [-0.39, 0.29) is 12.3 Å². The van der Waals surface area contributed by atoms with Gasteiger partial charge >= 0.3 is 0 Å². The van der Waals surface area contributed by atoms with Crippen molar-refractivity contribution in [1.29, 1.82) is 0 Å². The van der Waals surface area contributed by atoms with Crippen LogP contribution in [-0.2, 0) is 16.0 Å². The molecule has 2 rings (SSSR count). The lowest BCUT2D eigenvalue weighted by molar-refractivity contribution is -0.136. The van der Waals surface area contributed by atoms with Gasteiger partial charge in [-0.25, -0.2) is 0 Å². The van der Waals surface area contributed by atoms with E-state index in [2.05, 4.69) is 0 Å². The summed E-state index contributed by atoms with van der Waals surface area (Å²) in [5.41, 5.74) is 5.96. The first-order chi connectivity index (χ1) is 10.5. The van der Waals surface area contributed by atoms with Crippen LogP contribution in [0.1, 0.15) is 18.4 Å². The summed E-state index contributed by atoms with van der Waals surface area (Å²) in [4.78, 5) is 25.3. The van der Waals surface area contributed by atoms with Crippen LogP contribution in [0.3, 0.4) is 0 Å². The average molecular weight is 327 g/mol. The van der Waals surface area contributed by atoms with E-state index in [4.69, 9.17) is 26.8 Å². The summed E-state index contributed by atoms with van der Waals surface area (Å²) in [5.74, 6) is 0.252. The van der Waals surface area contributed by atoms with E-state index >= 15 is 0 Å². The van der Waals surface area contributed by atoms with Crippen LogP contribution in [0.15, 0.2) is 12.1 Å². The summed E-state index contributed by atoms with van der Waals surface area (Å²) < 4.78 is 10.4. The molecule has 120 valence electrons. The molecule has 2 N–H and O–H groups in total. The maximum absolute atomic E-state index is 12.4. The summed E-state index contributed by atoms with van der Waals surface area (Å²) in [5, 5.41) is 0.338. The Morgan fingerprint density at radius 3 is 2.68 bits per heavy atom. The SMILES string of the molecule is COc1ccc(CC(=O)N2CCC[C@@H]2C(N)=O)c(Cl)c1OC. The van der Waals surface area contributed by atoms with Gasteiger partial charge in [0.1, 0.15) is 6.04 Å². The molecule has 0 saturated carbocycles. The van der Waals surface area contributed by atoms with Crippen molar-refractivity contribution in [1.82, 2.24) is 4.90 Å². The van der Waals surface area contributed by atoms with Gasteiger partial charge in [0.2, 0.25) is 11.8 Å². The highest BCUT2D eigenvalue weighted by molar-refractivity contribution is 6.33. The van der Waals surface area contributed by atoms with E-state index in [9.17, 15) is 9.59 Å². The highest BCUT2D eigenvalue weighted by atomic mass is 35.5. The molecule has 0 radical (unpaired) electrons. The number of benzene rings is 1. The van der Waals surface area contributed by atoms with E-state index in [1.54, 1.807) is 12.1 Å². The van der Waals surface area contributed by atoms with Gasteiger partial charge in [0.15, 0.2) is 11.5 Å². The minimum Gasteiger partial charge on any atom is -0.493 e. The standard InChI is InChI=1S/C15H19ClN2O4/c1-21-11-6-5-9(13(16)14(11)22-2)8-12(19)18-7-3-4-10(18)15(17)20/h5-6,10H,3-4,7-8H2,1-2H3,(H2,17,20)/t10-/m1/s1. The number of methoxy groups -OCH3 is 2. The van der Waals surface area contributed by atoms with Crippen LogP contribution in [0.2, 0.25) is 5.02 Å². The number of rotatable bonds is 5. The molecule has 1 heterocycles. The fourth-order valence-electron chi connectivity index (χ4n) is 2.69. The maximum atomic E-state index is 12.4. The van der Waals surface area contributed by atoms with Crippen molar-refractivity contribution in [2.45, 2.75) is 25.3 Å². The topological polar surface area (TPSA) is 81.9 Å². The van der Waals surface area contributed by atoms with Crippen LogP contribution >= 0.6 is 11.6 Å². The molecule has 1 aromatic carbocycles. The highest BCUT2D eigenvalue weighted by Gasteiger charge is 2.32. The number of carbonyl (C=O) groups is 2. The molecule has 1 atom stereocenters. The van der Waals surface area contributed by atoms with Crippen molar-refractivity contribution < 1.29 is 19.1 Å². The summed E-state index contributed by atoms with van der Waals surface area (Å²) >= 11 is 6.28. The van der Waals surface area contributed by atoms with Crippen molar-refractivity contribution in [2.24, 2.45) is 5.73 Å². The average Bonchev–Trinajstić information content (AvgIpc) is 2.98. The molecule has 1 aliphatic heterocycles. The third kappa shape index (κ3) is 3.11. The van der Waals surface area contributed by atoms with E-state index in [1.165, 1.54) is 19.1 Å². The van der Waals surface area contributed by atoms with Crippen molar-refractivity contribution >= 4 is 23.4 Å². The van der Waals surface area contributed by atoms with E-state index in [0.717, 1.165) is 6.42 Å². The number of amides is 2. The summed E-state index contributed by atoms with van der Waals surface area (Å²) in [6.45, 7) is 0.539. The van der Waals surface area contributed by atoms with Crippen LogP contribution in [0, 0.1) is 0 Å². The molecule has 0 aromatic heterocycles. The number of likely N-dealkylation sites (tertiary alicyclic amines) is 1. The number of hydrogen-bond acceptors (Lipinski definition) is 4. The summed E-state index contributed by atoms with van der Waals surface area (Å²) in [6, 6.07) is 2.89. The van der Waals surface area contributed by atoms with Crippen molar-refractivity contribution in [3.05, 3.63) is 22.7 Å². The third-order valence-electron chi connectivity index (χ3n) is 3.81. The maximum Gasteiger partial charge on any atom is 0.240 e. The molecule has 1 saturated heterocycles. The van der Waals surface area contributed by atoms with Gasteiger partial charge in [0.05, 0.1) is 25.7 Å².